The molecule has 1 aliphatic heterocycles. The number of hydrogen-bond donors (Lipinski definition) is 0. The summed E-state index contributed by atoms with van der Waals surface area (Å²) in [5.74, 6) is -2.19. The molecule has 1 aromatic rings. The van der Waals surface area contributed by atoms with Gasteiger partial charge in [-0.3, -0.25) is 9.59 Å². The molecule has 1 aromatic heterocycles. The van der Waals surface area contributed by atoms with E-state index in [2.05, 4.69) is 0 Å². The Bertz CT molecular complexity index is 798. The maximum atomic E-state index is 12.5. The predicted octanol–water partition coefficient (Wildman–Crippen LogP) is 2.86. The molecule has 38 heavy (non-hydrogen) atoms. The van der Waals surface area contributed by atoms with Gasteiger partial charge in [-0.25, -0.2) is 9.59 Å². The second kappa shape index (κ2) is 18.3. The molecule has 0 bridgehead atoms. The molecule has 0 fully saturated rings. The fourth-order valence-electron chi connectivity index (χ4n) is 3.18. The summed E-state index contributed by atoms with van der Waals surface area (Å²) in [5.41, 5.74) is -0.0334. The van der Waals surface area contributed by atoms with Crippen LogP contribution in [0.4, 0.5) is 0 Å². The third-order valence-corrected chi connectivity index (χ3v) is 5.35. The van der Waals surface area contributed by atoms with Gasteiger partial charge in [-0.05, 0) is 13.8 Å². The molecule has 0 aromatic carbocycles. The van der Waals surface area contributed by atoms with Crippen LogP contribution in [0.25, 0.3) is 0 Å². The highest BCUT2D eigenvalue weighted by Gasteiger charge is 2.25. The fraction of sp³-hybridized carbons (Fsp3) is 0.692. The van der Waals surface area contributed by atoms with Crippen molar-refractivity contribution in [3.63, 3.8) is 0 Å². The Morgan fingerprint density at radius 2 is 1.00 bits per heavy atom. The normalized spacial score (nSPS) is 23.8. The first-order chi connectivity index (χ1) is 18.4. The summed E-state index contributed by atoms with van der Waals surface area (Å²) in [5, 5.41) is 0. The Morgan fingerprint density at radius 3 is 1.45 bits per heavy atom. The molecule has 0 saturated heterocycles. The van der Waals surface area contributed by atoms with Crippen molar-refractivity contribution in [3.05, 3.63) is 23.7 Å². The van der Waals surface area contributed by atoms with E-state index in [1.165, 1.54) is 0 Å². The lowest BCUT2D eigenvalue weighted by Gasteiger charge is -2.15. The van der Waals surface area contributed by atoms with Crippen LogP contribution in [0.2, 0.25) is 0 Å². The van der Waals surface area contributed by atoms with Crippen molar-refractivity contribution in [2.45, 2.75) is 64.6 Å². The Kier molecular flexibility index (Phi) is 15.1. The van der Waals surface area contributed by atoms with Crippen molar-refractivity contribution >= 4 is 23.9 Å². The van der Waals surface area contributed by atoms with Gasteiger partial charge in [-0.2, -0.15) is 0 Å². The van der Waals surface area contributed by atoms with Crippen molar-refractivity contribution in [3.8, 4) is 0 Å². The second-order valence-electron chi connectivity index (χ2n) is 8.69. The number of esters is 4. The highest BCUT2D eigenvalue weighted by molar-refractivity contribution is 6.02. The minimum Gasteiger partial charge on any atom is -0.471 e. The summed E-state index contributed by atoms with van der Waals surface area (Å²) < 4.78 is 42.4. The zero-order chi connectivity index (χ0) is 27.6. The predicted molar refractivity (Wildman–Crippen MR) is 131 cm³/mol. The summed E-state index contributed by atoms with van der Waals surface area (Å²) in [6, 6.07) is 0. The maximum absolute atomic E-state index is 12.5. The van der Waals surface area contributed by atoms with Crippen molar-refractivity contribution in [2.24, 2.45) is 0 Å². The number of carbonyl (C=O) groups is 4. The SMILES string of the molecule is CC1CCOCCCOC(=O)CCOCCC(=O)OCCCOCCC(C)OC(=O)c2cocc2C(=O)O1. The Hall–Kier alpha value is -2.96. The van der Waals surface area contributed by atoms with Gasteiger partial charge < -0.3 is 37.6 Å². The first kappa shape index (κ1) is 31.3. The molecule has 12 nitrogen and oxygen atoms in total. The van der Waals surface area contributed by atoms with Gasteiger partial charge in [-0.1, -0.05) is 0 Å². The Labute approximate surface area is 222 Å². The zero-order valence-electron chi connectivity index (χ0n) is 22.1. The standard InChI is InChI=1S/C26H38O12/c1-19-5-13-31-9-3-11-35-23(27)7-15-33-16-8-24(28)36-12-4-10-32-14-6-20(2)38-26(30)22-18-34-17-21(22)25(29)37-19/h17-20H,3-16H2,1-2H3. The number of hydrogen-bond acceptors (Lipinski definition) is 12. The van der Waals surface area contributed by atoms with E-state index in [9.17, 15) is 19.2 Å². The molecule has 2 heterocycles. The number of cyclic esters (lactones) is 4. The number of rotatable bonds is 0. The van der Waals surface area contributed by atoms with E-state index in [-0.39, 0.29) is 50.4 Å². The number of furan rings is 1. The molecule has 2 unspecified atom stereocenters. The highest BCUT2D eigenvalue weighted by atomic mass is 16.6. The van der Waals surface area contributed by atoms with Crippen LogP contribution in [-0.4, -0.2) is 88.9 Å². The maximum Gasteiger partial charge on any atom is 0.342 e. The van der Waals surface area contributed by atoms with E-state index in [1.54, 1.807) is 13.8 Å². The summed E-state index contributed by atoms with van der Waals surface area (Å²) >= 11 is 0. The first-order valence-electron chi connectivity index (χ1n) is 12.9. The van der Waals surface area contributed by atoms with Gasteiger partial charge in [-0.15, -0.1) is 0 Å². The molecule has 0 amide bonds. The number of carbonyl (C=O) groups excluding carboxylic acids is 4. The minimum absolute atomic E-state index is 0.0167. The molecular formula is C26H38O12. The van der Waals surface area contributed by atoms with Crippen LogP contribution in [0, 0.1) is 0 Å². The molecular weight excluding hydrogens is 504 g/mol. The summed E-state index contributed by atoms with van der Waals surface area (Å²) in [4.78, 5) is 48.5. The monoisotopic (exact) mass is 542 g/mol. The lowest BCUT2D eigenvalue weighted by atomic mass is 10.2. The van der Waals surface area contributed by atoms with Crippen LogP contribution in [0.1, 0.15) is 73.1 Å². The molecule has 0 spiro atoms. The van der Waals surface area contributed by atoms with E-state index < -0.39 is 36.1 Å². The smallest absolute Gasteiger partial charge is 0.342 e. The molecule has 0 saturated carbocycles. The van der Waals surface area contributed by atoms with Gasteiger partial charge in [0.25, 0.3) is 0 Å². The molecule has 1 aliphatic rings. The molecule has 2 atom stereocenters. The number of fused-ring (bicyclic) bond motifs is 1. The molecule has 0 N–H and O–H groups in total. The van der Waals surface area contributed by atoms with Gasteiger partial charge in [0, 0.05) is 38.9 Å². The van der Waals surface area contributed by atoms with Gasteiger partial charge >= 0.3 is 23.9 Å². The Morgan fingerprint density at radius 1 is 0.579 bits per heavy atom. The van der Waals surface area contributed by atoms with Crippen LogP contribution >= 0.6 is 0 Å². The van der Waals surface area contributed by atoms with Gasteiger partial charge in [0.15, 0.2) is 0 Å². The second-order valence-corrected chi connectivity index (χ2v) is 8.69. The molecule has 2 rings (SSSR count). The van der Waals surface area contributed by atoms with Crippen molar-refractivity contribution in [2.75, 3.05) is 52.9 Å². The lowest BCUT2D eigenvalue weighted by Crippen LogP contribution is -2.21. The van der Waals surface area contributed by atoms with Crippen LogP contribution in [0.15, 0.2) is 16.9 Å². The average Bonchev–Trinajstić information content (AvgIpc) is 3.37. The Balaban J connectivity index is 1.84. The molecule has 12 heteroatoms. The zero-order valence-corrected chi connectivity index (χ0v) is 22.1. The highest BCUT2D eigenvalue weighted by Crippen LogP contribution is 2.16. The van der Waals surface area contributed by atoms with Gasteiger partial charge in [0.2, 0.25) is 0 Å². The van der Waals surface area contributed by atoms with Crippen LogP contribution in [0.5, 0.6) is 0 Å². The van der Waals surface area contributed by atoms with Crippen LogP contribution in [-0.2, 0) is 42.7 Å². The summed E-state index contributed by atoms with van der Waals surface area (Å²) in [6.07, 6.45) is 3.43. The summed E-state index contributed by atoms with van der Waals surface area (Å²) in [7, 11) is 0. The van der Waals surface area contributed by atoms with E-state index in [0.29, 0.717) is 52.1 Å². The van der Waals surface area contributed by atoms with Crippen LogP contribution in [0.3, 0.4) is 0 Å². The first-order valence-corrected chi connectivity index (χ1v) is 12.9. The fourth-order valence-corrected chi connectivity index (χ4v) is 3.18. The largest absolute Gasteiger partial charge is 0.471 e. The number of ether oxygens (including phenoxy) is 7. The van der Waals surface area contributed by atoms with Crippen molar-refractivity contribution < 1.29 is 56.8 Å². The van der Waals surface area contributed by atoms with Gasteiger partial charge in [0.05, 0.1) is 52.5 Å². The molecule has 214 valence electrons. The summed E-state index contributed by atoms with van der Waals surface area (Å²) in [6.45, 7) is 5.55. The van der Waals surface area contributed by atoms with Crippen molar-refractivity contribution in [1.29, 1.82) is 0 Å². The molecule has 0 radical (unpaired) electrons. The van der Waals surface area contributed by atoms with E-state index >= 15 is 0 Å². The molecule has 0 aliphatic carbocycles. The van der Waals surface area contributed by atoms with E-state index in [0.717, 1.165) is 12.5 Å². The third kappa shape index (κ3) is 13.0. The minimum atomic E-state index is -0.699. The lowest BCUT2D eigenvalue weighted by molar-refractivity contribution is -0.146. The third-order valence-electron chi connectivity index (χ3n) is 5.35. The van der Waals surface area contributed by atoms with Crippen molar-refractivity contribution in [1.82, 2.24) is 0 Å². The average molecular weight is 543 g/mol. The topological polar surface area (TPSA) is 146 Å². The van der Waals surface area contributed by atoms with Crippen LogP contribution < -0.4 is 0 Å². The quantitative estimate of drug-likeness (QED) is 0.351. The van der Waals surface area contributed by atoms with E-state index in [1.807, 2.05) is 0 Å². The van der Waals surface area contributed by atoms with E-state index in [4.69, 9.17) is 37.6 Å². The van der Waals surface area contributed by atoms with Gasteiger partial charge in [0.1, 0.15) is 35.9 Å².